The van der Waals surface area contributed by atoms with Gasteiger partial charge in [0.1, 0.15) is 4.83 Å². The van der Waals surface area contributed by atoms with Crippen molar-refractivity contribution in [1.82, 2.24) is 9.78 Å². The SMILES string of the molecule is Cc1nn(C2CCOCC2)c2sccc12. The molecule has 3 heterocycles. The molecule has 0 unspecified atom stereocenters. The van der Waals surface area contributed by atoms with Gasteiger partial charge in [0.15, 0.2) is 0 Å². The molecular weight excluding hydrogens is 208 g/mol. The van der Waals surface area contributed by atoms with Crippen molar-refractivity contribution in [3.05, 3.63) is 17.1 Å². The van der Waals surface area contributed by atoms with Gasteiger partial charge in [-0.3, -0.25) is 4.68 Å². The lowest BCUT2D eigenvalue weighted by molar-refractivity contribution is 0.0675. The van der Waals surface area contributed by atoms with E-state index in [0.29, 0.717) is 6.04 Å². The molecule has 2 aromatic rings. The summed E-state index contributed by atoms with van der Waals surface area (Å²) in [6, 6.07) is 2.70. The molecule has 0 bridgehead atoms. The molecular formula is C11H14N2OS. The minimum Gasteiger partial charge on any atom is -0.381 e. The van der Waals surface area contributed by atoms with E-state index >= 15 is 0 Å². The molecule has 0 N–H and O–H groups in total. The zero-order valence-corrected chi connectivity index (χ0v) is 9.59. The molecule has 0 aromatic carbocycles. The molecule has 4 heteroatoms. The second-order valence-corrected chi connectivity index (χ2v) is 4.91. The summed E-state index contributed by atoms with van der Waals surface area (Å²) in [5.74, 6) is 0. The Morgan fingerprint density at radius 2 is 2.27 bits per heavy atom. The Labute approximate surface area is 92.7 Å². The van der Waals surface area contributed by atoms with Crippen LogP contribution in [0.5, 0.6) is 0 Å². The first-order valence-electron chi connectivity index (χ1n) is 5.36. The monoisotopic (exact) mass is 222 g/mol. The standard InChI is InChI=1S/C11H14N2OS/c1-8-10-4-7-15-11(10)13(12-8)9-2-5-14-6-3-9/h4,7,9H,2-3,5-6H2,1H3. The van der Waals surface area contributed by atoms with Gasteiger partial charge in [0.05, 0.1) is 11.7 Å². The summed E-state index contributed by atoms with van der Waals surface area (Å²) >= 11 is 1.79. The van der Waals surface area contributed by atoms with Gasteiger partial charge in [0.25, 0.3) is 0 Å². The lowest BCUT2D eigenvalue weighted by atomic mass is 10.1. The van der Waals surface area contributed by atoms with Crippen LogP contribution in [0.4, 0.5) is 0 Å². The van der Waals surface area contributed by atoms with Gasteiger partial charge in [0, 0.05) is 18.6 Å². The molecule has 0 atom stereocenters. The van der Waals surface area contributed by atoms with E-state index in [9.17, 15) is 0 Å². The molecule has 1 fully saturated rings. The van der Waals surface area contributed by atoms with Crippen LogP contribution in [0.15, 0.2) is 11.4 Å². The van der Waals surface area contributed by atoms with Crippen molar-refractivity contribution in [3.63, 3.8) is 0 Å². The lowest BCUT2D eigenvalue weighted by Crippen LogP contribution is -2.20. The van der Waals surface area contributed by atoms with Crippen molar-refractivity contribution in [1.29, 1.82) is 0 Å². The van der Waals surface area contributed by atoms with Gasteiger partial charge in [-0.1, -0.05) is 0 Å². The van der Waals surface area contributed by atoms with Gasteiger partial charge >= 0.3 is 0 Å². The Kier molecular flexibility index (Phi) is 2.25. The Balaban J connectivity index is 2.05. The fourth-order valence-corrected chi connectivity index (χ4v) is 3.17. The highest BCUT2D eigenvalue weighted by Crippen LogP contribution is 2.30. The summed E-state index contributed by atoms with van der Waals surface area (Å²) in [6.45, 7) is 3.83. The van der Waals surface area contributed by atoms with Gasteiger partial charge in [-0.2, -0.15) is 5.10 Å². The molecule has 0 radical (unpaired) electrons. The number of hydrogen-bond donors (Lipinski definition) is 0. The number of aromatic nitrogens is 2. The van der Waals surface area contributed by atoms with Crippen LogP contribution in [-0.2, 0) is 4.74 Å². The molecule has 1 saturated heterocycles. The van der Waals surface area contributed by atoms with Crippen molar-refractivity contribution in [2.24, 2.45) is 0 Å². The van der Waals surface area contributed by atoms with Crippen LogP contribution in [0.3, 0.4) is 0 Å². The minimum absolute atomic E-state index is 0.536. The number of thiophene rings is 1. The zero-order chi connectivity index (χ0) is 10.3. The first-order valence-corrected chi connectivity index (χ1v) is 6.24. The molecule has 0 spiro atoms. The highest BCUT2D eigenvalue weighted by Gasteiger charge is 2.19. The second-order valence-electron chi connectivity index (χ2n) is 4.01. The molecule has 1 aliphatic heterocycles. The zero-order valence-electron chi connectivity index (χ0n) is 8.77. The van der Waals surface area contributed by atoms with Crippen molar-refractivity contribution >= 4 is 21.6 Å². The van der Waals surface area contributed by atoms with Crippen LogP contribution in [0.2, 0.25) is 0 Å². The number of rotatable bonds is 1. The molecule has 15 heavy (non-hydrogen) atoms. The molecule has 0 amide bonds. The Bertz CT molecular complexity index is 468. The largest absolute Gasteiger partial charge is 0.381 e. The third-order valence-electron chi connectivity index (χ3n) is 3.04. The van der Waals surface area contributed by atoms with E-state index in [1.807, 2.05) is 0 Å². The van der Waals surface area contributed by atoms with E-state index in [-0.39, 0.29) is 0 Å². The number of aryl methyl sites for hydroxylation is 1. The van der Waals surface area contributed by atoms with E-state index in [1.165, 1.54) is 10.2 Å². The maximum atomic E-state index is 5.38. The molecule has 2 aromatic heterocycles. The van der Waals surface area contributed by atoms with Crippen LogP contribution >= 0.6 is 11.3 Å². The molecule has 3 rings (SSSR count). The van der Waals surface area contributed by atoms with E-state index < -0.39 is 0 Å². The van der Waals surface area contributed by atoms with Crippen LogP contribution in [0.1, 0.15) is 24.6 Å². The average molecular weight is 222 g/mol. The maximum absolute atomic E-state index is 5.38. The van der Waals surface area contributed by atoms with Gasteiger partial charge in [-0.05, 0) is 31.2 Å². The maximum Gasteiger partial charge on any atom is 0.121 e. The summed E-state index contributed by atoms with van der Waals surface area (Å²) in [7, 11) is 0. The second kappa shape index (κ2) is 3.61. The molecule has 80 valence electrons. The lowest BCUT2D eigenvalue weighted by Gasteiger charge is -2.22. The number of fused-ring (bicyclic) bond motifs is 1. The Morgan fingerprint density at radius 3 is 3.07 bits per heavy atom. The van der Waals surface area contributed by atoms with Crippen molar-refractivity contribution < 1.29 is 4.74 Å². The predicted molar refractivity (Wildman–Crippen MR) is 61.4 cm³/mol. The van der Waals surface area contributed by atoms with Crippen LogP contribution in [0, 0.1) is 6.92 Å². The van der Waals surface area contributed by atoms with Crippen molar-refractivity contribution in [3.8, 4) is 0 Å². The summed E-state index contributed by atoms with van der Waals surface area (Å²) < 4.78 is 7.59. The van der Waals surface area contributed by atoms with Gasteiger partial charge < -0.3 is 4.74 Å². The number of hydrogen-bond acceptors (Lipinski definition) is 3. The average Bonchev–Trinajstić information content (AvgIpc) is 2.84. The summed E-state index contributed by atoms with van der Waals surface area (Å²) in [5, 5.41) is 8.10. The number of nitrogens with zero attached hydrogens (tertiary/aromatic N) is 2. The molecule has 3 nitrogen and oxygen atoms in total. The summed E-state index contributed by atoms with van der Waals surface area (Å²) in [6.07, 6.45) is 2.18. The van der Waals surface area contributed by atoms with Crippen LogP contribution in [0.25, 0.3) is 10.2 Å². The smallest absolute Gasteiger partial charge is 0.121 e. The first-order chi connectivity index (χ1) is 7.36. The molecule has 0 aliphatic carbocycles. The molecule has 1 aliphatic rings. The molecule has 0 saturated carbocycles. The third kappa shape index (κ3) is 1.48. The van der Waals surface area contributed by atoms with E-state index in [4.69, 9.17) is 4.74 Å². The third-order valence-corrected chi connectivity index (χ3v) is 3.94. The first kappa shape index (κ1) is 9.36. The topological polar surface area (TPSA) is 27.1 Å². The van der Waals surface area contributed by atoms with Gasteiger partial charge in [-0.25, -0.2) is 0 Å². The van der Waals surface area contributed by atoms with Crippen molar-refractivity contribution in [2.45, 2.75) is 25.8 Å². The normalized spacial score (nSPS) is 18.7. The van der Waals surface area contributed by atoms with E-state index in [0.717, 1.165) is 31.7 Å². The van der Waals surface area contributed by atoms with E-state index in [2.05, 4.69) is 28.2 Å². The minimum atomic E-state index is 0.536. The quantitative estimate of drug-likeness (QED) is 0.742. The summed E-state index contributed by atoms with van der Waals surface area (Å²) in [5.41, 5.74) is 1.15. The fraction of sp³-hybridized carbons (Fsp3) is 0.545. The predicted octanol–water partition coefficient (Wildman–Crippen LogP) is 2.76. The van der Waals surface area contributed by atoms with Crippen molar-refractivity contribution in [2.75, 3.05) is 13.2 Å². The Hall–Kier alpha value is -0.870. The number of ether oxygens (including phenoxy) is 1. The van der Waals surface area contributed by atoms with Gasteiger partial charge in [-0.15, -0.1) is 11.3 Å². The Morgan fingerprint density at radius 1 is 1.47 bits per heavy atom. The van der Waals surface area contributed by atoms with Crippen LogP contribution in [-0.4, -0.2) is 23.0 Å². The highest BCUT2D eigenvalue weighted by molar-refractivity contribution is 7.16. The van der Waals surface area contributed by atoms with E-state index in [1.54, 1.807) is 11.3 Å². The fourth-order valence-electron chi connectivity index (χ4n) is 2.19. The van der Waals surface area contributed by atoms with Crippen LogP contribution < -0.4 is 0 Å². The summed E-state index contributed by atoms with van der Waals surface area (Å²) in [4.78, 5) is 1.32. The highest BCUT2D eigenvalue weighted by atomic mass is 32.1. The van der Waals surface area contributed by atoms with Gasteiger partial charge in [0.2, 0.25) is 0 Å².